The van der Waals surface area contributed by atoms with E-state index < -0.39 is 0 Å². The molecule has 0 aromatic rings. The molecule has 3 atom stereocenters. The maximum Gasteiger partial charge on any atom is 0.0981 e. The van der Waals surface area contributed by atoms with Gasteiger partial charge in [0, 0.05) is 0 Å². The SMILES string of the molecule is C[C@@H]1[C@H](C)CN[C@H]1C#N. The minimum Gasteiger partial charge on any atom is -0.301 e. The maximum atomic E-state index is 8.54. The smallest absolute Gasteiger partial charge is 0.0981 e. The summed E-state index contributed by atoms with van der Waals surface area (Å²) in [6, 6.07) is 2.33. The van der Waals surface area contributed by atoms with Crippen LogP contribution in [0.5, 0.6) is 0 Å². The van der Waals surface area contributed by atoms with E-state index in [0.29, 0.717) is 11.8 Å². The van der Waals surface area contributed by atoms with Gasteiger partial charge < -0.3 is 5.32 Å². The fraction of sp³-hybridized carbons (Fsp3) is 0.857. The van der Waals surface area contributed by atoms with Gasteiger partial charge in [-0.2, -0.15) is 5.26 Å². The summed E-state index contributed by atoms with van der Waals surface area (Å²) >= 11 is 0. The van der Waals surface area contributed by atoms with Gasteiger partial charge >= 0.3 is 0 Å². The number of hydrogen-bond acceptors (Lipinski definition) is 2. The molecule has 0 saturated carbocycles. The van der Waals surface area contributed by atoms with Crippen LogP contribution in [0.3, 0.4) is 0 Å². The van der Waals surface area contributed by atoms with E-state index in [9.17, 15) is 0 Å². The molecule has 0 aromatic heterocycles. The number of nitriles is 1. The van der Waals surface area contributed by atoms with Crippen LogP contribution in [0.1, 0.15) is 13.8 Å². The molecule has 2 heteroatoms. The average molecular weight is 124 g/mol. The number of hydrogen-bond donors (Lipinski definition) is 1. The van der Waals surface area contributed by atoms with E-state index in [4.69, 9.17) is 5.26 Å². The molecule has 50 valence electrons. The molecule has 1 aliphatic rings. The lowest BCUT2D eigenvalue weighted by Crippen LogP contribution is -2.23. The molecule has 0 spiro atoms. The number of rotatable bonds is 0. The Morgan fingerprint density at radius 1 is 1.56 bits per heavy atom. The molecular formula is C7H12N2. The average Bonchev–Trinajstić information content (AvgIpc) is 2.15. The highest BCUT2D eigenvalue weighted by Gasteiger charge is 2.28. The lowest BCUT2D eigenvalue weighted by molar-refractivity contribution is 0.462. The third-order valence-corrected chi connectivity index (χ3v) is 2.22. The molecule has 1 rings (SSSR count). The van der Waals surface area contributed by atoms with Crippen LogP contribution in [0.2, 0.25) is 0 Å². The molecule has 1 fully saturated rings. The Morgan fingerprint density at radius 3 is 2.44 bits per heavy atom. The molecule has 2 nitrogen and oxygen atoms in total. The molecular weight excluding hydrogens is 112 g/mol. The molecule has 1 saturated heterocycles. The van der Waals surface area contributed by atoms with Gasteiger partial charge in [0.1, 0.15) is 0 Å². The van der Waals surface area contributed by atoms with Crippen molar-refractivity contribution in [1.82, 2.24) is 5.32 Å². The standard InChI is InChI=1S/C7H12N2/c1-5-4-9-7(3-8)6(5)2/h5-7,9H,4H2,1-2H3/t5-,6-,7+/m1/s1. The van der Waals surface area contributed by atoms with Crippen LogP contribution < -0.4 is 5.32 Å². The monoisotopic (exact) mass is 124 g/mol. The van der Waals surface area contributed by atoms with Gasteiger partial charge in [0.2, 0.25) is 0 Å². The Balaban J connectivity index is 2.54. The van der Waals surface area contributed by atoms with Gasteiger partial charge in [0.15, 0.2) is 0 Å². The van der Waals surface area contributed by atoms with Gasteiger partial charge in [0.25, 0.3) is 0 Å². The third-order valence-electron chi connectivity index (χ3n) is 2.22. The largest absolute Gasteiger partial charge is 0.301 e. The molecule has 0 aliphatic carbocycles. The number of nitrogens with zero attached hydrogens (tertiary/aromatic N) is 1. The van der Waals surface area contributed by atoms with Gasteiger partial charge in [-0.15, -0.1) is 0 Å². The fourth-order valence-electron chi connectivity index (χ4n) is 1.18. The van der Waals surface area contributed by atoms with Crippen LogP contribution in [0.4, 0.5) is 0 Å². The first-order valence-electron chi connectivity index (χ1n) is 3.38. The Hall–Kier alpha value is -0.550. The lowest BCUT2D eigenvalue weighted by Gasteiger charge is -2.08. The predicted octanol–water partition coefficient (Wildman–Crippen LogP) is 0.754. The molecule has 1 heterocycles. The van der Waals surface area contributed by atoms with Gasteiger partial charge in [-0.25, -0.2) is 0 Å². The van der Waals surface area contributed by atoms with Crippen molar-refractivity contribution < 1.29 is 0 Å². The molecule has 9 heavy (non-hydrogen) atoms. The maximum absolute atomic E-state index is 8.54. The molecule has 0 aromatic carbocycles. The Kier molecular flexibility index (Phi) is 1.73. The highest BCUT2D eigenvalue weighted by Crippen LogP contribution is 2.19. The van der Waals surface area contributed by atoms with Crippen molar-refractivity contribution in [3.63, 3.8) is 0 Å². The summed E-state index contributed by atoms with van der Waals surface area (Å²) in [7, 11) is 0. The highest BCUT2D eigenvalue weighted by atomic mass is 15.0. The summed E-state index contributed by atoms with van der Waals surface area (Å²) in [4.78, 5) is 0. The molecule has 1 aliphatic heterocycles. The Morgan fingerprint density at radius 2 is 2.22 bits per heavy atom. The summed E-state index contributed by atoms with van der Waals surface area (Å²) < 4.78 is 0. The minimum atomic E-state index is 0.0972. The minimum absolute atomic E-state index is 0.0972. The van der Waals surface area contributed by atoms with Crippen LogP contribution in [0.25, 0.3) is 0 Å². The van der Waals surface area contributed by atoms with Crippen LogP contribution in [0, 0.1) is 23.2 Å². The van der Waals surface area contributed by atoms with Crippen LogP contribution in [-0.2, 0) is 0 Å². The first-order valence-corrected chi connectivity index (χ1v) is 3.38. The zero-order valence-corrected chi connectivity index (χ0v) is 5.89. The summed E-state index contributed by atoms with van der Waals surface area (Å²) in [6.07, 6.45) is 0. The zero-order chi connectivity index (χ0) is 6.85. The highest BCUT2D eigenvalue weighted by molar-refractivity contribution is 4.99. The van der Waals surface area contributed by atoms with E-state index in [0.717, 1.165) is 6.54 Å². The van der Waals surface area contributed by atoms with Crippen molar-refractivity contribution in [3.8, 4) is 6.07 Å². The Labute approximate surface area is 55.9 Å². The molecule has 1 N–H and O–H groups in total. The summed E-state index contributed by atoms with van der Waals surface area (Å²) in [5, 5.41) is 11.7. The van der Waals surface area contributed by atoms with Gasteiger partial charge in [-0.1, -0.05) is 13.8 Å². The van der Waals surface area contributed by atoms with Gasteiger partial charge in [-0.05, 0) is 18.4 Å². The number of nitrogens with one attached hydrogen (secondary N) is 1. The van der Waals surface area contributed by atoms with Crippen LogP contribution in [0.15, 0.2) is 0 Å². The first-order chi connectivity index (χ1) is 4.25. The topological polar surface area (TPSA) is 35.8 Å². The second-order valence-corrected chi connectivity index (χ2v) is 2.85. The van der Waals surface area contributed by atoms with E-state index in [1.165, 1.54) is 0 Å². The van der Waals surface area contributed by atoms with Crippen molar-refractivity contribution in [2.24, 2.45) is 11.8 Å². The summed E-state index contributed by atoms with van der Waals surface area (Å²) in [5.41, 5.74) is 0. The van der Waals surface area contributed by atoms with E-state index in [1.807, 2.05) is 0 Å². The second-order valence-electron chi connectivity index (χ2n) is 2.85. The molecule has 0 unspecified atom stereocenters. The van der Waals surface area contributed by atoms with Crippen molar-refractivity contribution in [2.45, 2.75) is 19.9 Å². The summed E-state index contributed by atoms with van der Waals surface area (Å²) in [6.45, 7) is 5.30. The Bertz CT molecular complexity index is 136. The molecule has 0 bridgehead atoms. The van der Waals surface area contributed by atoms with Crippen molar-refractivity contribution in [3.05, 3.63) is 0 Å². The first kappa shape index (κ1) is 6.57. The third kappa shape index (κ3) is 1.06. The van der Waals surface area contributed by atoms with E-state index in [2.05, 4.69) is 25.2 Å². The van der Waals surface area contributed by atoms with Crippen molar-refractivity contribution in [2.75, 3.05) is 6.54 Å². The summed E-state index contributed by atoms with van der Waals surface area (Å²) in [5.74, 6) is 1.18. The van der Waals surface area contributed by atoms with Crippen LogP contribution in [-0.4, -0.2) is 12.6 Å². The van der Waals surface area contributed by atoms with E-state index in [-0.39, 0.29) is 6.04 Å². The predicted molar refractivity (Wildman–Crippen MR) is 35.7 cm³/mol. The molecule has 0 radical (unpaired) electrons. The van der Waals surface area contributed by atoms with Gasteiger partial charge in [-0.3, -0.25) is 0 Å². The van der Waals surface area contributed by atoms with Crippen molar-refractivity contribution >= 4 is 0 Å². The fourth-order valence-corrected chi connectivity index (χ4v) is 1.18. The van der Waals surface area contributed by atoms with E-state index in [1.54, 1.807) is 0 Å². The molecule has 0 amide bonds. The van der Waals surface area contributed by atoms with Crippen molar-refractivity contribution in [1.29, 1.82) is 5.26 Å². The van der Waals surface area contributed by atoms with E-state index >= 15 is 0 Å². The van der Waals surface area contributed by atoms with Gasteiger partial charge in [0.05, 0.1) is 12.1 Å². The quantitative estimate of drug-likeness (QED) is 0.517. The zero-order valence-electron chi connectivity index (χ0n) is 5.89. The lowest BCUT2D eigenvalue weighted by atomic mass is 9.95. The van der Waals surface area contributed by atoms with Crippen LogP contribution >= 0.6 is 0 Å². The normalized spacial score (nSPS) is 42.6. The second kappa shape index (κ2) is 2.36.